The average molecular weight is 309 g/mol. The summed E-state index contributed by atoms with van der Waals surface area (Å²) in [6.45, 7) is 5.32. The maximum absolute atomic E-state index is 13.1. The normalized spacial score (nSPS) is 10.5. The van der Waals surface area contributed by atoms with Crippen LogP contribution in [0.25, 0.3) is 0 Å². The molecule has 1 aromatic heterocycles. The van der Waals surface area contributed by atoms with Crippen molar-refractivity contribution in [3.8, 4) is 0 Å². The van der Waals surface area contributed by atoms with Crippen LogP contribution in [-0.4, -0.2) is 16.5 Å². The highest BCUT2D eigenvalue weighted by Crippen LogP contribution is 2.17. The second-order valence-corrected chi connectivity index (χ2v) is 5.12. The topological polar surface area (TPSA) is 49.8 Å². The first-order valence-corrected chi connectivity index (χ1v) is 7.23. The van der Waals surface area contributed by atoms with Crippen LogP contribution in [0.15, 0.2) is 24.3 Å². The molecule has 1 aromatic carbocycles. The van der Waals surface area contributed by atoms with Crippen LogP contribution in [0.5, 0.6) is 0 Å². The summed E-state index contributed by atoms with van der Waals surface area (Å²) in [7, 11) is 0. The Morgan fingerprint density at radius 2 is 1.86 bits per heavy atom. The second-order valence-electron chi connectivity index (χ2n) is 4.71. The standard InChI is InChI=1S/C15H18ClFN4/c1-3-6-18-14-8-15(21-10(2)20-14)19-9-11-4-5-13(17)12(16)7-11/h4-5,7-8H,3,6,9H2,1-2H3,(H2,18,19,20,21). The zero-order valence-corrected chi connectivity index (χ0v) is 12.8. The van der Waals surface area contributed by atoms with Gasteiger partial charge in [-0.3, -0.25) is 0 Å². The smallest absolute Gasteiger partial charge is 0.141 e. The Balaban J connectivity index is 2.05. The Labute approximate surface area is 128 Å². The van der Waals surface area contributed by atoms with Crippen LogP contribution in [0.2, 0.25) is 5.02 Å². The van der Waals surface area contributed by atoms with Crippen LogP contribution in [0.1, 0.15) is 24.7 Å². The summed E-state index contributed by atoms with van der Waals surface area (Å²) in [6, 6.07) is 6.51. The molecular weight excluding hydrogens is 291 g/mol. The third-order valence-corrected chi connectivity index (χ3v) is 3.14. The van der Waals surface area contributed by atoms with Gasteiger partial charge >= 0.3 is 0 Å². The molecule has 112 valence electrons. The lowest BCUT2D eigenvalue weighted by molar-refractivity contribution is 0.627. The van der Waals surface area contributed by atoms with E-state index < -0.39 is 5.82 Å². The molecule has 0 bridgehead atoms. The van der Waals surface area contributed by atoms with Gasteiger partial charge in [0.25, 0.3) is 0 Å². The van der Waals surface area contributed by atoms with Crippen LogP contribution in [0.4, 0.5) is 16.0 Å². The number of hydrogen-bond acceptors (Lipinski definition) is 4. The van der Waals surface area contributed by atoms with E-state index in [2.05, 4.69) is 27.5 Å². The number of halogens is 2. The van der Waals surface area contributed by atoms with E-state index in [0.717, 1.165) is 30.2 Å². The van der Waals surface area contributed by atoms with Gasteiger partial charge in [-0.15, -0.1) is 0 Å². The van der Waals surface area contributed by atoms with E-state index in [0.29, 0.717) is 12.4 Å². The van der Waals surface area contributed by atoms with Gasteiger partial charge in [0, 0.05) is 19.2 Å². The molecule has 0 amide bonds. The van der Waals surface area contributed by atoms with Gasteiger partial charge in [0.1, 0.15) is 23.3 Å². The molecule has 4 nitrogen and oxygen atoms in total. The van der Waals surface area contributed by atoms with Crippen molar-refractivity contribution in [1.29, 1.82) is 0 Å². The third-order valence-electron chi connectivity index (χ3n) is 2.85. The molecule has 0 aliphatic carbocycles. The molecule has 0 saturated carbocycles. The summed E-state index contributed by atoms with van der Waals surface area (Å²) in [5.41, 5.74) is 0.890. The van der Waals surface area contributed by atoms with E-state index in [9.17, 15) is 4.39 Å². The van der Waals surface area contributed by atoms with Crippen LogP contribution < -0.4 is 10.6 Å². The van der Waals surface area contributed by atoms with Crippen LogP contribution >= 0.6 is 11.6 Å². The molecule has 0 radical (unpaired) electrons. The number of aryl methyl sites for hydroxylation is 1. The van der Waals surface area contributed by atoms with Crippen molar-refractivity contribution >= 4 is 23.2 Å². The zero-order chi connectivity index (χ0) is 15.2. The Morgan fingerprint density at radius 1 is 1.14 bits per heavy atom. The number of anilines is 2. The van der Waals surface area contributed by atoms with Gasteiger partial charge in [-0.05, 0) is 31.0 Å². The summed E-state index contributed by atoms with van der Waals surface area (Å²) in [5.74, 6) is 1.80. The lowest BCUT2D eigenvalue weighted by atomic mass is 10.2. The largest absolute Gasteiger partial charge is 0.370 e. The zero-order valence-electron chi connectivity index (χ0n) is 12.1. The maximum Gasteiger partial charge on any atom is 0.141 e. The van der Waals surface area contributed by atoms with Gasteiger partial charge in [0.2, 0.25) is 0 Å². The molecule has 6 heteroatoms. The number of aromatic nitrogens is 2. The minimum Gasteiger partial charge on any atom is -0.370 e. The first-order chi connectivity index (χ1) is 10.1. The number of rotatable bonds is 6. The van der Waals surface area contributed by atoms with Crippen molar-refractivity contribution in [2.75, 3.05) is 17.2 Å². The molecule has 2 N–H and O–H groups in total. The molecule has 2 aromatic rings. The third kappa shape index (κ3) is 4.56. The van der Waals surface area contributed by atoms with E-state index in [-0.39, 0.29) is 5.02 Å². The quantitative estimate of drug-likeness (QED) is 0.846. The highest BCUT2D eigenvalue weighted by Gasteiger charge is 2.04. The molecule has 0 atom stereocenters. The van der Waals surface area contributed by atoms with Gasteiger partial charge in [0.05, 0.1) is 5.02 Å². The summed E-state index contributed by atoms with van der Waals surface area (Å²) < 4.78 is 13.1. The number of nitrogens with one attached hydrogen (secondary N) is 2. The molecule has 0 fully saturated rings. The fraction of sp³-hybridized carbons (Fsp3) is 0.333. The van der Waals surface area contributed by atoms with E-state index >= 15 is 0 Å². The minimum absolute atomic E-state index is 0.124. The predicted molar refractivity (Wildman–Crippen MR) is 84.3 cm³/mol. The predicted octanol–water partition coefficient (Wildman–Crippen LogP) is 4.01. The van der Waals surface area contributed by atoms with Crippen LogP contribution in [0.3, 0.4) is 0 Å². The van der Waals surface area contributed by atoms with Crippen molar-refractivity contribution in [2.45, 2.75) is 26.8 Å². The lowest BCUT2D eigenvalue weighted by Crippen LogP contribution is -2.07. The van der Waals surface area contributed by atoms with Gasteiger partial charge in [-0.2, -0.15) is 0 Å². The van der Waals surface area contributed by atoms with E-state index in [1.807, 2.05) is 13.0 Å². The highest BCUT2D eigenvalue weighted by molar-refractivity contribution is 6.30. The first kappa shape index (κ1) is 15.5. The molecule has 0 unspecified atom stereocenters. The highest BCUT2D eigenvalue weighted by atomic mass is 35.5. The Hall–Kier alpha value is -1.88. The maximum atomic E-state index is 13.1. The first-order valence-electron chi connectivity index (χ1n) is 6.86. The van der Waals surface area contributed by atoms with Gasteiger partial charge in [-0.1, -0.05) is 24.6 Å². The van der Waals surface area contributed by atoms with Crippen molar-refractivity contribution in [3.05, 3.63) is 46.5 Å². The lowest BCUT2D eigenvalue weighted by Gasteiger charge is -2.10. The van der Waals surface area contributed by atoms with Crippen LogP contribution in [0, 0.1) is 12.7 Å². The molecule has 0 aliphatic rings. The molecule has 1 heterocycles. The summed E-state index contributed by atoms with van der Waals surface area (Å²) >= 11 is 5.76. The summed E-state index contributed by atoms with van der Waals surface area (Å²) in [5, 5.41) is 6.55. The van der Waals surface area contributed by atoms with Gasteiger partial charge < -0.3 is 10.6 Å². The molecule has 21 heavy (non-hydrogen) atoms. The Morgan fingerprint density at radius 3 is 2.52 bits per heavy atom. The van der Waals surface area contributed by atoms with E-state index in [1.54, 1.807) is 12.1 Å². The fourth-order valence-electron chi connectivity index (χ4n) is 1.84. The van der Waals surface area contributed by atoms with Crippen LogP contribution in [-0.2, 0) is 6.54 Å². The van der Waals surface area contributed by atoms with Gasteiger partial charge in [-0.25, -0.2) is 14.4 Å². The molecule has 2 rings (SSSR count). The van der Waals surface area contributed by atoms with Gasteiger partial charge in [0.15, 0.2) is 0 Å². The van der Waals surface area contributed by atoms with E-state index in [4.69, 9.17) is 11.6 Å². The van der Waals surface area contributed by atoms with Crippen molar-refractivity contribution in [1.82, 2.24) is 9.97 Å². The monoisotopic (exact) mass is 308 g/mol. The Kier molecular flexibility index (Phi) is 5.33. The van der Waals surface area contributed by atoms with Crippen molar-refractivity contribution < 1.29 is 4.39 Å². The fourth-order valence-corrected chi connectivity index (χ4v) is 2.05. The molecular formula is C15H18ClFN4. The Bertz CT molecular complexity index is 619. The SMILES string of the molecule is CCCNc1cc(NCc2ccc(F)c(Cl)c2)nc(C)n1. The number of hydrogen-bond donors (Lipinski definition) is 2. The van der Waals surface area contributed by atoms with Crippen molar-refractivity contribution in [2.24, 2.45) is 0 Å². The molecule has 0 saturated heterocycles. The molecule has 0 spiro atoms. The minimum atomic E-state index is -0.413. The van der Waals surface area contributed by atoms with Crippen molar-refractivity contribution in [3.63, 3.8) is 0 Å². The second kappa shape index (κ2) is 7.22. The average Bonchev–Trinajstić information content (AvgIpc) is 2.46. The number of benzene rings is 1. The summed E-state index contributed by atoms with van der Waals surface area (Å²) in [4.78, 5) is 8.65. The summed E-state index contributed by atoms with van der Waals surface area (Å²) in [6.07, 6.45) is 1.03. The number of nitrogens with zero attached hydrogens (tertiary/aromatic N) is 2. The molecule has 0 aliphatic heterocycles. The van der Waals surface area contributed by atoms with E-state index in [1.165, 1.54) is 6.07 Å².